The predicted octanol–water partition coefficient (Wildman–Crippen LogP) is 5.53. The van der Waals surface area contributed by atoms with Crippen molar-refractivity contribution < 1.29 is 23.8 Å². The highest BCUT2D eigenvalue weighted by atomic mass is 16.5. The van der Waals surface area contributed by atoms with Gasteiger partial charge in [-0.3, -0.25) is 4.79 Å². The van der Waals surface area contributed by atoms with E-state index < -0.39 is 5.97 Å². The highest BCUT2D eigenvalue weighted by Crippen LogP contribution is 2.27. The van der Waals surface area contributed by atoms with Crippen molar-refractivity contribution >= 4 is 16.9 Å². The number of aromatic nitrogens is 2. The van der Waals surface area contributed by atoms with Crippen molar-refractivity contribution in [2.75, 3.05) is 13.2 Å². The maximum atomic E-state index is 10.9. The Labute approximate surface area is 192 Å². The van der Waals surface area contributed by atoms with Crippen LogP contribution in [0.15, 0.2) is 65.4 Å². The minimum absolute atomic E-state index is 0.0515. The molecule has 4 rings (SSSR count). The van der Waals surface area contributed by atoms with Crippen molar-refractivity contribution in [2.24, 2.45) is 0 Å². The standard InChI is InChI=1S/C26H28N2O5/c1-26(2,3)23-17-33-25(27-23)18-5-7-20(8-6-18)31-13-4-14-32-21-9-10-22-19(15-21)11-12-28(22)16-24(29)30/h5-12,15,17H,4,13-14,16H2,1-3H3,(H,29,30). The molecule has 2 aromatic heterocycles. The maximum absolute atomic E-state index is 10.9. The zero-order valence-corrected chi connectivity index (χ0v) is 19.1. The van der Waals surface area contributed by atoms with Gasteiger partial charge >= 0.3 is 5.97 Å². The van der Waals surface area contributed by atoms with E-state index in [1.165, 1.54) is 0 Å². The molecule has 2 heterocycles. The van der Waals surface area contributed by atoms with Crippen LogP contribution in [0.1, 0.15) is 32.9 Å². The minimum Gasteiger partial charge on any atom is -0.493 e. The lowest BCUT2D eigenvalue weighted by Gasteiger charge is -2.13. The molecular formula is C26H28N2O5. The van der Waals surface area contributed by atoms with E-state index in [4.69, 9.17) is 19.0 Å². The fourth-order valence-corrected chi connectivity index (χ4v) is 3.44. The van der Waals surface area contributed by atoms with Crippen LogP contribution in [0, 0.1) is 0 Å². The van der Waals surface area contributed by atoms with E-state index in [9.17, 15) is 4.79 Å². The number of rotatable bonds is 9. The van der Waals surface area contributed by atoms with Crippen LogP contribution >= 0.6 is 0 Å². The van der Waals surface area contributed by atoms with Crippen molar-refractivity contribution in [1.82, 2.24) is 9.55 Å². The summed E-state index contributed by atoms with van der Waals surface area (Å²) >= 11 is 0. The summed E-state index contributed by atoms with van der Waals surface area (Å²) in [5.74, 6) is 1.27. The monoisotopic (exact) mass is 448 g/mol. The molecule has 0 spiro atoms. The molecule has 0 bridgehead atoms. The molecule has 0 aliphatic heterocycles. The molecule has 0 radical (unpaired) electrons. The molecule has 0 amide bonds. The quantitative estimate of drug-likeness (QED) is 0.339. The topological polar surface area (TPSA) is 86.7 Å². The van der Waals surface area contributed by atoms with Crippen LogP contribution in [0.2, 0.25) is 0 Å². The fourth-order valence-electron chi connectivity index (χ4n) is 3.44. The molecule has 0 aliphatic carbocycles. The summed E-state index contributed by atoms with van der Waals surface area (Å²) in [6, 6.07) is 15.2. The molecule has 1 N–H and O–H groups in total. The van der Waals surface area contributed by atoms with Crippen LogP contribution in [0.4, 0.5) is 0 Å². The van der Waals surface area contributed by atoms with Crippen molar-refractivity contribution in [1.29, 1.82) is 0 Å². The second-order valence-electron chi connectivity index (χ2n) is 8.92. The third-order valence-corrected chi connectivity index (χ3v) is 5.25. The van der Waals surface area contributed by atoms with Crippen LogP contribution in [0.3, 0.4) is 0 Å². The van der Waals surface area contributed by atoms with E-state index in [2.05, 4.69) is 25.8 Å². The largest absolute Gasteiger partial charge is 0.493 e. The Morgan fingerprint density at radius 3 is 2.39 bits per heavy atom. The second kappa shape index (κ2) is 9.40. The van der Waals surface area contributed by atoms with Crippen LogP contribution in [0.25, 0.3) is 22.4 Å². The highest BCUT2D eigenvalue weighted by Gasteiger charge is 2.19. The lowest BCUT2D eigenvalue weighted by Crippen LogP contribution is -2.11. The Bertz CT molecular complexity index is 1230. The van der Waals surface area contributed by atoms with Gasteiger partial charge in [0.1, 0.15) is 24.3 Å². The van der Waals surface area contributed by atoms with Gasteiger partial charge < -0.3 is 23.6 Å². The van der Waals surface area contributed by atoms with Gasteiger partial charge in [0, 0.05) is 34.5 Å². The number of hydrogen-bond donors (Lipinski definition) is 1. The summed E-state index contributed by atoms with van der Waals surface area (Å²) in [5, 5.41) is 9.93. The molecule has 0 atom stereocenters. The summed E-state index contributed by atoms with van der Waals surface area (Å²) in [5.41, 5.74) is 2.66. The molecule has 7 heteroatoms. The lowest BCUT2D eigenvalue weighted by molar-refractivity contribution is -0.137. The Balaban J connectivity index is 1.24. The first kappa shape index (κ1) is 22.5. The van der Waals surface area contributed by atoms with Gasteiger partial charge in [0.2, 0.25) is 5.89 Å². The number of carbonyl (C=O) groups is 1. The van der Waals surface area contributed by atoms with E-state index in [-0.39, 0.29) is 12.0 Å². The van der Waals surface area contributed by atoms with Crippen molar-refractivity contribution in [3.8, 4) is 23.0 Å². The molecular weight excluding hydrogens is 420 g/mol. The molecule has 172 valence electrons. The summed E-state index contributed by atoms with van der Waals surface area (Å²) < 4.78 is 19.0. The Hall–Kier alpha value is -3.74. The number of benzene rings is 2. The Morgan fingerprint density at radius 2 is 1.73 bits per heavy atom. The zero-order valence-electron chi connectivity index (χ0n) is 19.1. The van der Waals surface area contributed by atoms with Gasteiger partial charge in [-0.05, 0) is 48.5 Å². The first-order chi connectivity index (χ1) is 15.8. The SMILES string of the molecule is CC(C)(C)c1coc(-c2ccc(OCCCOc3ccc4c(ccn4CC(=O)O)c3)cc2)n1. The number of oxazole rings is 1. The summed E-state index contributed by atoms with van der Waals surface area (Å²) in [6.07, 6.45) is 4.21. The minimum atomic E-state index is -0.866. The molecule has 0 fully saturated rings. The molecule has 4 aromatic rings. The van der Waals surface area contributed by atoms with Crippen LogP contribution in [-0.4, -0.2) is 33.8 Å². The summed E-state index contributed by atoms with van der Waals surface area (Å²) in [6.45, 7) is 7.30. The van der Waals surface area contributed by atoms with E-state index in [0.29, 0.717) is 19.1 Å². The smallest absolute Gasteiger partial charge is 0.323 e. The predicted molar refractivity (Wildman–Crippen MR) is 126 cm³/mol. The molecule has 2 aromatic carbocycles. The molecule has 0 unspecified atom stereocenters. The number of aliphatic carboxylic acids is 1. The molecule has 0 saturated heterocycles. The van der Waals surface area contributed by atoms with Gasteiger partial charge in [-0.2, -0.15) is 0 Å². The molecule has 0 saturated carbocycles. The Kier molecular flexibility index (Phi) is 6.40. The first-order valence-electron chi connectivity index (χ1n) is 10.9. The molecule has 7 nitrogen and oxygen atoms in total. The number of carboxylic acid groups (broad SMARTS) is 1. The van der Waals surface area contributed by atoms with E-state index in [1.54, 1.807) is 17.0 Å². The zero-order chi connectivity index (χ0) is 23.4. The lowest BCUT2D eigenvalue weighted by atomic mass is 9.93. The Morgan fingerprint density at radius 1 is 1.03 bits per heavy atom. The first-order valence-corrected chi connectivity index (χ1v) is 10.9. The number of hydrogen-bond acceptors (Lipinski definition) is 5. The molecule has 0 aliphatic rings. The second-order valence-corrected chi connectivity index (χ2v) is 8.92. The van der Waals surface area contributed by atoms with Gasteiger partial charge in [0.05, 0.1) is 18.9 Å². The number of nitrogens with zero attached hydrogens (tertiary/aromatic N) is 2. The van der Waals surface area contributed by atoms with E-state index >= 15 is 0 Å². The summed E-state index contributed by atoms with van der Waals surface area (Å²) in [4.78, 5) is 15.5. The third kappa shape index (κ3) is 5.55. The maximum Gasteiger partial charge on any atom is 0.323 e. The van der Waals surface area contributed by atoms with Crippen LogP contribution in [0.5, 0.6) is 11.5 Å². The van der Waals surface area contributed by atoms with Crippen molar-refractivity contribution in [2.45, 2.75) is 39.2 Å². The van der Waals surface area contributed by atoms with Gasteiger partial charge in [0.25, 0.3) is 0 Å². The van der Waals surface area contributed by atoms with Gasteiger partial charge in [-0.15, -0.1) is 0 Å². The molecule has 33 heavy (non-hydrogen) atoms. The number of fused-ring (bicyclic) bond motifs is 1. The van der Waals surface area contributed by atoms with Crippen LogP contribution in [-0.2, 0) is 16.8 Å². The van der Waals surface area contributed by atoms with E-state index in [0.717, 1.165) is 40.1 Å². The summed E-state index contributed by atoms with van der Waals surface area (Å²) in [7, 11) is 0. The van der Waals surface area contributed by atoms with Crippen molar-refractivity contribution in [3.63, 3.8) is 0 Å². The number of carboxylic acids is 1. The normalized spacial score (nSPS) is 11.6. The van der Waals surface area contributed by atoms with Crippen molar-refractivity contribution in [3.05, 3.63) is 66.7 Å². The highest BCUT2D eigenvalue weighted by molar-refractivity contribution is 5.83. The van der Waals surface area contributed by atoms with E-state index in [1.807, 2.05) is 48.5 Å². The fraction of sp³-hybridized carbons (Fsp3) is 0.308. The average molecular weight is 449 g/mol. The number of ether oxygens (including phenoxy) is 2. The third-order valence-electron chi connectivity index (χ3n) is 5.25. The van der Waals surface area contributed by atoms with Gasteiger partial charge in [-0.1, -0.05) is 20.8 Å². The average Bonchev–Trinajstić information content (AvgIpc) is 3.41. The van der Waals surface area contributed by atoms with Gasteiger partial charge in [0.15, 0.2) is 0 Å². The van der Waals surface area contributed by atoms with Crippen LogP contribution < -0.4 is 9.47 Å². The van der Waals surface area contributed by atoms with Gasteiger partial charge in [-0.25, -0.2) is 4.98 Å².